The summed E-state index contributed by atoms with van der Waals surface area (Å²) in [4.78, 5) is 42.8. The molecule has 0 aliphatic carbocycles. The Kier molecular flexibility index (Phi) is 8.56. The molecular formula is C28H20Br2ClN3O7S. The van der Waals surface area contributed by atoms with Gasteiger partial charge in [-0.25, -0.2) is 9.79 Å². The molecule has 0 amide bonds. The lowest BCUT2D eigenvalue weighted by Crippen LogP contribution is -2.39. The Hall–Kier alpha value is -3.52. The number of furan rings is 1. The van der Waals surface area contributed by atoms with Crippen molar-refractivity contribution >= 4 is 72.5 Å². The average Bonchev–Trinajstić information content (AvgIpc) is 3.53. The van der Waals surface area contributed by atoms with Crippen molar-refractivity contribution < 1.29 is 23.6 Å². The lowest BCUT2D eigenvalue weighted by molar-refractivity contribution is -0.384. The van der Waals surface area contributed by atoms with Gasteiger partial charge in [0.15, 0.2) is 4.80 Å². The number of nitrogens with zero attached hydrogens (tertiary/aromatic N) is 3. The topological polar surface area (TPSA) is 126 Å². The number of aromatic nitrogens is 1. The number of fused-ring (bicyclic) bond motifs is 1. The highest BCUT2D eigenvalue weighted by molar-refractivity contribution is 9.11. The van der Waals surface area contributed by atoms with Crippen LogP contribution < -0.4 is 19.6 Å². The number of carbonyl (C=O) groups excluding carboxylic acids is 1. The minimum absolute atomic E-state index is 0.112. The monoisotopic (exact) mass is 735 g/mol. The molecule has 1 atom stereocenters. The fourth-order valence-corrected chi connectivity index (χ4v) is 7.33. The smallest absolute Gasteiger partial charge is 0.338 e. The van der Waals surface area contributed by atoms with E-state index in [9.17, 15) is 19.7 Å². The number of nitro groups is 1. The average molecular weight is 738 g/mol. The molecule has 42 heavy (non-hydrogen) atoms. The third-order valence-corrected chi connectivity index (χ3v) is 8.85. The minimum atomic E-state index is -1.01. The van der Waals surface area contributed by atoms with E-state index >= 15 is 0 Å². The fraction of sp³-hybridized carbons (Fsp3) is 0.179. The maximum Gasteiger partial charge on any atom is 0.338 e. The quantitative estimate of drug-likeness (QED) is 0.127. The van der Waals surface area contributed by atoms with E-state index in [-0.39, 0.29) is 34.4 Å². The number of nitro benzene ring substituents is 1. The second kappa shape index (κ2) is 12.0. The first-order valence-corrected chi connectivity index (χ1v) is 15.1. The number of rotatable bonds is 7. The fourth-order valence-electron chi connectivity index (χ4n) is 4.53. The minimum Gasteiger partial charge on any atom is -0.494 e. The van der Waals surface area contributed by atoms with E-state index in [1.807, 2.05) is 12.1 Å². The molecule has 1 aliphatic rings. The van der Waals surface area contributed by atoms with Crippen LogP contribution in [0.5, 0.6) is 5.75 Å². The van der Waals surface area contributed by atoms with Crippen LogP contribution in [-0.2, 0) is 9.53 Å². The highest BCUT2D eigenvalue weighted by Gasteiger charge is 2.35. The number of benzene rings is 2. The molecule has 14 heteroatoms. The molecule has 2 aromatic heterocycles. The van der Waals surface area contributed by atoms with Gasteiger partial charge in [0.25, 0.3) is 11.2 Å². The van der Waals surface area contributed by atoms with Gasteiger partial charge in [-0.1, -0.05) is 22.9 Å². The van der Waals surface area contributed by atoms with Crippen LogP contribution in [0.1, 0.15) is 31.2 Å². The first-order valence-electron chi connectivity index (χ1n) is 12.3. The van der Waals surface area contributed by atoms with Gasteiger partial charge < -0.3 is 13.9 Å². The summed E-state index contributed by atoms with van der Waals surface area (Å²) in [5, 5.41) is 11.6. The molecular weight excluding hydrogens is 718 g/mol. The van der Waals surface area contributed by atoms with Gasteiger partial charge in [-0.15, -0.1) is 0 Å². The predicted octanol–water partition coefficient (Wildman–Crippen LogP) is 6.15. The Bertz CT molecular complexity index is 1960. The van der Waals surface area contributed by atoms with Crippen LogP contribution >= 0.6 is 54.8 Å². The number of hydrogen-bond donors (Lipinski definition) is 0. The SMILES string of the molecule is CCOC(=O)C1=C(C)N=c2s/c(=C\c3cc(Br)c(OC)c(Br)c3)c(=O)n2[C@@H]1c1ccc(-c2cc([N+](=O)[O-])ccc2Cl)o1. The first kappa shape index (κ1) is 30.0. The number of hydrogen-bond acceptors (Lipinski definition) is 9. The van der Waals surface area contributed by atoms with Crippen LogP contribution in [0.3, 0.4) is 0 Å². The number of thiazole rings is 1. The number of non-ortho nitro benzene ring substituents is 1. The Balaban J connectivity index is 1.69. The number of carbonyl (C=O) groups is 1. The second-order valence-electron chi connectivity index (χ2n) is 8.94. The van der Waals surface area contributed by atoms with E-state index in [2.05, 4.69) is 36.9 Å². The van der Waals surface area contributed by atoms with Crippen molar-refractivity contribution in [3.8, 4) is 17.1 Å². The summed E-state index contributed by atoms with van der Waals surface area (Å²) in [5.41, 5.74) is 0.952. The van der Waals surface area contributed by atoms with Crippen LogP contribution in [0.15, 0.2) is 76.9 Å². The highest BCUT2D eigenvalue weighted by Crippen LogP contribution is 2.38. The maximum atomic E-state index is 13.9. The van der Waals surface area contributed by atoms with Crippen LogP contribution in [0.2, 0.25) is 5.02 Å². The molecule has 0 bridgehead atoms. The van der Waals surface area contributed by atoms with Crippen molar-refractivity contribution in [2.75, 3.05) is 13.7 Å². The van der Waals surface area contributed by atoms with Gasteiger partial charge in [-0.05, 0) is 87.7 Å². The first-order chi connectivity index (χ1) is 20.0. The van der Waals surface area contributed by atoms with Crippen LogP contribution in [0.4, 0.5) is 5.69 Å². The van der Waals surface area contributed by atoms with E-state index in [1.165, 1.54) is 22.8 Å². The van der Waals surface area contributed by atoms with Crippen LogP contribution in [0.25, 0.3) is 17.4 Å². The van der Waals surface area contributed by atoms with Crippen LogP contribution in [0, 0.1) is 10.1 Å². The second-order valence-corrected chi connectivity index (χ2v) is 12.1. The van der Waals surface area contributed by atoms with E-state index < -0.39 is 22.5 Å². The summed E-state index contributed by atoms with van der Waals surface area (Å²) in [7, 11) is 1.55. The van der Waals surface area contributed by atoms with E-state index in [4.69, 9.17) is 25.5 Å². The summed E-state index contributed by atoms with van der Waals surface area (Å²) in [5.74, 6) is 0.423. The van der Waals surface area contributed by atoms with Gasteiger partial charge in [0.05, 0.1) is 48.4 Å². The summed E-state index contributed by atoms with van der Waals surface area (Å²) in [6.45, 7) is 3.45. The molecule has 5 rings (SSSR count). The summed E-state index contributed by atoms with van der Waals surface area (Å²) >= 11 is 14.5. The Morgan fingerprint density at radius 3 is 2.60 bits per heavy atom. The number of allylic oxidation sites excluding steroid dienone is 1. The number of esters is 1. The largest absolute Gasteiger partial charge is 0.494 e. The molecule has 0 fully saturated rings. The lowest BCUT2D eigenvalue weighted by Gasteiger charge is -2.22. The number of halogens is 3. The Labute approximate surface area is 264 Å². The third-order valence-electron chi connectivity index (χ3n) is 6.36. The van der Waals surface area contributed by atoms with E-state index in [0.29, 0.717) is 35.3 Å². The number of ether oxygens (including phenoxy) is 2. The zero-order valence-corrected chi connectivity index (χ0v) is 26.9. The Morgan fingerprint density at radius 2 is 1.95 bits per heavy atom. The van der Waals surface area contributed by atoms with E-state index in [0.717, 1.165) is 16.9 Å². The molecule has 4 aromatic rings. The summed E-state index contributed by atoms with van der Waals surface area (Å²) in [6, 6.07) is 9.80. The van der Waals surface area contributed by atoms with Gasteiger partial charge in [-0.3, -0.25) is 19.5 Å². The highest BCUT2D eigenvalue weighted by atomic mass is 79.9. The van der Waals surface area contributed by atoms with Gasteiger partial charge in [0, 0.05) is 17.7 Å². The van der Waals surface area contributed by atoms with Crippen molar-refractivity contribution in [1.82, 2.24) is 4.57 Å². The zero-order chi connectivity index (χ0) is 30.3. The van der Waals surface area contributed by atoms with Crippen molar-refractivity contribution in [2.24, 2.45) is 4.99 Å². The van der Waals surface area contributed by atoms with Gasteiger partial charge in [0.1, 0.15) is 23.3 Å². The zero-order valence-electron chi connectivity index (χ0n) is 22.1. The van der Waals surface area contributed by atoms with E-state index in [1.54, 1.807) is 39.2 Å². The van der Waals surface area contributed by atoms with Gasteiger partial charge >= 0.3 is 5.97 Å². The van der Waals surface area contributed by atoms with Crippen molar-refractivity contribution in [1.29, 1.82) is 0 Å². The lowest BCUT2D eigenvalue weighted by atomic mass is 10.0. The molecule has 2 aromatic carbocycles. The molecule has 3 heterocycles. The molecule has 0 saturated heterocycles. The standard InChI is InChI=1S/C28H20Br2ClN3O7S/c1-4-40-27(36)23-13(2)32-28-33(26(35)22(42-28)11-14-9-17(29)25(39-3)18(30)10-14)24(23)21-8-7-20(41-21)16-12-15(34(37)38)5-6-19(16)31/h5-12,24H,4H2,1-3H3/b22-11-/t24-/m1/s1. The normalized spacial score (nSPS) is 14.9. The molecule has 0 spiro atoms. The van der Waals surface area contributed by atoms with Gasteiger partial charge in [-0.2, -0.15) is 0 Å². The van der Waals surface area contributed by atoms with Gasteiger partial charge in [0.2, 0.25) is 0 Å². The number of methoxy groups -OCH3 is 1. The molecule has 10 nitrogen and oxygen atoms in total. The molecule has 0 radical (unpaired) electrons. The molecule has 0 unspecified atom stereocenters. The van der Waals surface area contributed by atoms with Crippen molar-refractivity contribution in [3.05, 3.63) is 109 Å². The van der Waals surface area contributed by atoms with Crippen LogP contribution in [-0.4, -0.2) is 29.2 Å². The molecule has 1 aliphatic heterocycles. The van der Waals surface area contributed by atoms with Crippen molar-refractivity contribution in [3.63, 3.8) is 0 Å². The Morgan fingerprint density at radius 1 is 1.24 bits per heavy atom. The predicted molar refractivity (Wildman–Crippen MR) is 165 cm³/mol. The maximum absolute atomic E-state index is 13.9. The summed E-state index contributed by atoms with van der Waals surface area (Å²) < 4.78 is 20.0. The summed E-state index contributed by atoms with van der Waals surface area (Å²) in [6.07, 6.45) is 1.72. The molecule has 0 N–H and O–H groups in total. The molecule has 0 saturated carbocycles. The van der Waals surface area contributed by atoms with Crippen molar-refractivity contribution in [2.45, 2.75) is 19.9 Å². The third kappa shape index (κ3) is 5.49. The molecule has 216 valence electrons.